The summed E-state index contributed by atoms with van der Waals surface area (Å²) in [5.74, 6) is 0.519. The summed E-state index contributed by atoms with van der Waals surface area (Å²) in [5.41, 5.74) is 7.58. The molecule has 0 bridgehead atoms. The fraction of sp³-hybridized carbons (Fsp3) is 0.152. The number of aromatic amines is 1. The van der Waals surface area contributed by atoms with Crippen LogP contribution in [-0.2, 0) is 19.4 Å². The van der Waals surface area contributed by atoms with Gasteiger partial charge < -0.3 is 4.57 Å². The van der Waals surface area contributed by atoms with Gasteiger partial charge >= 0.3 is 0 Å². The van der Waals surface area contributed by atoms with Crippen LogP contribution in [0.3, 0.4) is 0 Å². The molecule has 2 aromatic heterocycles. The highest BCUT2D eigenvalue weighted by atomic mass is 16.6. The average Bonchev–Trinajstić information content (AvgIpc) is 3.57. The van der Waals surface area contributed by atoms with Crippen molar-refractivity contribution in [1.82, 2.24) is 25.2 Å². The van der Waals surface area contributed by atoms with Gasteiger partial charge in [0.05, 0.1) is 17.0 Å². The van der Waals surface area contributed by atoms with Crippen molar-refractivity contribution in [3.05, 3.63) is 139 Å². The van der Waals surface area contributed by atoms with Gasteiger partial charge in [0, 0.05) is 34.6 Å². The normalized spacial score (nSPS) is 11.2. The van der Waals surface area contributed by atoms with Crippen LogP contribution in [0.5, 0.6) is 0 Å². The van der Waals surface area contributed by atoms with Crippen LogP contribution in [0.25, 0.3) is 33.4 Å². The van der Waals surface area contributed by atoms with E-state index in [0.717, 1.165) is 50.7 Å². The Morgan fingerprint density at radius 1 is 0.905 bits per heavy atom. The Morgan fingerprint density at radius 3 is 2.33 bits per heavy atom. The topological polar surface area (TPSA) is 120 Å². The summed E-state index contributed by atoms with van der Waals surface area (Å²) in [6, 6.07) is 28.8. The van der Waals surface area contributed by atoms with Gasteiger partial charge in [-0.15, -0.1) is 10.2 Å². The smallest absolute Gasteiger partial charge is 0.272 e. The second-order valence-corrected chi connectivity index (χ2v) is 10.2. The molecule has 0 aliphatic carbocycles. The van der Waals surface area contributed by atoms with Gasteiger partial charge in [-0.1, -0.05) is 85.8 Å². The third-order valence-corrected chi connectivity index (χ3v) is 7.80. The van der Waals surface area contributed by atoms with E-state index in [-0.39, 0.29) is 17.7 Å². The summed E-state index contributed by atoms with van der Waals surface area (Å²) in [6.45, 7) is 4.38. The summed E-state index contributed by atoms with van der Waals surface area (Å²) in [4.78, 5) is 25.4. The number of nitro groups is 1. The summed E-state index contributed by atoms with van der Waals surface area (Å²) >= 11 is 0. The molecule has 6 aromatic rings. The van der Waals surface area contributed by atoms with Gasteiger partial charge in [0.2, 0.25) is 5.82 Å². The maximum absolute atomic E-state index is 14.1. The van der Waals surface area contributed by atoms with Crippen molar-refractivity contribution < 1.29 is 4.92 Å². The molecule has 4 aromatic carbocycles. The number of aryl methyl sites for hydroxylation is 2. The number of nitrogens with one attached hydrogen (secondary N) is 1. The van der Waals surface area contributed by atoms with E-state index in [9.17, 15) is 14.9 Å². The molecule has 9 heteroatoms. The second-order valence-electron chi connectivity index (χ2n) is 10.2. The molecule has 0 fully saturated rings. The number of pyridine rings is 1. The molecule has 0 aliphatic rings. The minimum atomic E-state index is -0.393. The fourth-order valence-electron chi connectivity index (χ4n) is 5.50. The zero-order valence-corrected chi connectivity index (χ0v) is 23.2. The molecular weight excluding hydrogens is 528 g/mol. The number of tetrazole rings is 1. The maximum atomic E-state index is 14.1. The first kappa shape index (κ1) is 26.8. The van der Waals surface area contributed by atoms with Gasteiger partial charge in [-0.2, -0.15) is 5.21 Å². The van der Waals surface area contributed by atoms with Gasteiger partial charge in [-0.3, -0.25) is 14.9 Å². The number of hydrogen-bond donors (Lipinski definition) is 1. The number of nitrogens with zero attached hydrogens (tertiary/aromatic N) is 5. The highest BCUT2D eigenvalue weighted by Gasteiger charge is 2.20. The Labute approximate surface area is 241 Å². The summed E-state index contributed by atoms with van der Waals surface area (Å²) in [6.07, 6.45) is 1.02. The number of aromatic nitrogens is 5. The van der Waals surface area contributed by atoms with E-state index in [2.05, 4.69) is 45.7 Å². The van der Waals surface area contributed by atoms with E-state index >= 15 is 0 Å². The molecule has 0 unspecified atom stereocenters. The molecule has 0 saturated heterocycles. The molecule has 0 aliphatic heterocycles. The summed E-state index contributed by atoms with van der Waals surface area (Å²) in [7, 11) is 0. The summed E-state index contributed by atoms with van der Waals surface area (Å²) < 4.78 is 1.80. The Balaban J connectivity index is 1.43. The Bertz CT molecular complexity index is 1980. The number of fused-ring (bicyclic) bond motifs is 1. The molecule has 0 amide bonds. The number of H-pyrrole nitrogens is 1. The molecule has 0 saturated carbocycles. The molecule has 208 valence electrons. The molecule has 0 radical (unpaired) electrons. The SMILES string of the molecule is CCc1ccc2c(C)c(Cc3ccccc3[N+](=O)[O-])c(=O)n(Cc3ccc(-c4ccccc4-c4nn[nH]n4)cc3)c2c1. The number of nitro benzene ring substituents is 1. The molecule has 42 heavy (non-hydrogen) atoms. The van der Waals surface area contributed by atoms with Crippen LogP contribution in [-0.4, -0.2) is 30.1 Å². The lowest BCUT2D eigenvalue weighted by Crippen LogP contribution is -2.26. The van der Waals surface area contributed by atoms with Crippen molar-refractivity contribution in [2.75, 3.05) is 0 Å². The van der Waals surface area contributed by atoms with E-state index in [1.165, 1.54) is 6.07 Å². The Kier molecular flexibility index (Phi) is 7.14. The number of rotatable bonds is 8. The van der Waals surface area contributed by atoms with E-state index in [0.29, 0.717) is 23.5 Å². The van der Waals surface area contributed by atoms with Crippen molar-refractivity contribution in [1.29, 1.82) is 0 Å². The summed E-state index contributed by atoms with van der Waals surface area (Å²) in [5, 5.41) is 27.1. The van der Waals surface area contributed by atoms with Crippen LogP contribution in [0.4, 0.5) is 5.69 Å². The van der Waals surface area contributed by atoms with Crippen molar-refractivity contribution in [3.63, 3.8) is 0 Å². The van der Waals surface area contributed by atoms with E-state index in [1.54, 1.807) is 22.8 Å². The van der Waals surface area contributed by atoms with Crippen molar-refractivity contribution in [2.24, 2.45) is 0 Å². The minimum absolute atomic E-state index is 0.0148. The quantitative estimate of drug-likeness (QED) is 0.174. The van der Waals surface area contributed by atoms with E-state index in [1.807, 2.05) is 55.5 Å². The van der Waals surface area contributed by atoms with Gasteiger partial charge in [0.1, 0.15) is 0 Å². The third kappa shape index (κ3) is 4.96. The largest absolute Gasteiger partial charge is 0.304 e. The van der Waals surface area contributed by atoms with Gasteiger partial charge in [0.15, 0.2) is 0 Å². The highest BCUT2D eigenvalue weighted by Crippen LogP contribution is 2.30. The zero-order valence-electron chi connectivity index (χ0n) is 23.2. The van der Waals surface area contributed by atoms with Crippen LogP contribution in [0, 0.1) is 17.0 Å². The predicted octanol–water partition coefficient (Wildman–Crippen LogP) is 6.27. The zero-order chi connectivity index (χ0) is 29.2. The van der Waals surface area contributed by atoms with Crippen LogP contribution < -0.4 is 5.56 Å². The molecule has 1 N–H and O–H groups in total. The molecular formula is C33H28N6O3. The third-order valence-electron chi connectivity index (χ3n) is 7.80. The highest BCUT2D eigenvalue weighted by molar-refractivity contribution is 5.84. The van der Waals surface area contributed by atoms with Crippen LogP contribution in [0.1, 0.15) is 34.7 Å². The number of para-hydroxylation sites is 1. The van der Waals surface area contributed by atoms with E-state index in [4.69, 9.17) is 0 Å². The predicted molar refractivity (Wildman–Crippen MR) is 162 cm³/mol. The first-order valence-electron chi connectivity index (χ1n) is 13.7. The monoisotopic (exact) mass is 556 g/mol. The molecule has 2 heterocycles. The molecule has 9 nitrogen and oxygen atoms in total. The second kappa shape index (κ2) is 11.2. The average molecular weight is 557 g/mol. The standard InChI is InChI=1S/C33H28N6O3/c1-3-22-14-17-26-21(2)29(19-25-8-4-7-11-30(25)39(41)42)33(40)38(31(26)18-22)20-23-12-15-24(16-13-23)27-9-5-6-10-28(27)32-34-36-37-35-32/h4-18H,3,19-20H2,1-2H3,(H,34,35,36,37). The lowest BCUT2D eigenvalue weighted by molar-refractivity contribution is -0.385. The van der Waals surface area contributed by atoms with Crippen LogP contribution >= 0.6 is 0 Å². The maximum Gasteiger partial charge on any atom is 0.272 e. The first-order chi connectivity index (χ1) is 20.4. The van der Waals surface area contributed by atoms with Crippen LogP contribution in [0.2, 0.25) is 0 Å². The fourth-order valence-corrected chi connectivity index (χ4v) is 5.50. The molecule has 6 rings (SSSR count). The Morgan fingerprint density at radius 2 is 1.62 bits per heavy atom. The Hall–Kier alpha value is -5.44. The molecule has 0 atom stereocenters. The number of benzene rings is 4. The van der Waals surface area contributed by atoms with Gasteiger partial charge in [-0.25, -0.2) is 0 Å². The van der Waals surface area contributed by atoms with Crippen LogP contribution in [0.15, 0.2) is 95.8 Å². The van der Waals surface area contributed by atoms with Crippen molar-refractivity contribution in [2.45, 2.75) is 33.2 Å². The van der Waals surface area contributed by atoms with Crippen molar-refractivity contribution in [3.8, 4) is 22.5 Å². The minimum Gasteiger partial charge on any atom is -0.304 e. The van der Waals surface area contributed by atoms with Crippen molar-refractivity contribution >= 4 is 16.6 Å². The lowest BCUT2D eigenvalue weighted by atomic mass is 9.96. The molecule has 0 spiro atoms. The first-order valence-corrected chi connectivity index (χ1v) is 13.7. The lowest BCUT2D eigenvalue weighted by Gasteiger charge is -2.18. The van der Waals surface area contributed by atoms with Gasteiger partial charge in [0.25, 0.3) is 11.2 Å². The van der Waals surface area contributed by atoms with E-state index < -0.39 is 4.92 Å². The van der Waals surface area contributed by atoms with Gasteiger partial charge in [-0.05, 0) is 52.4 Å². The number of hydrogen-bond acceptors (Lipinski definition) is 6.